The fraction of sp³-hybridized carbons (Fsp3) is 0.250. The first-order valence-corrected chi connectivity index (χ1v) is 11.1. The van der Waals surface area contributed by atoms with E-state index >= 15 is 0 Å². The number of carbonyl (C=O) groups excluding carboxylic acids is 1. The summed E-state index contributed by atoms with van der Waals surface area (Å²) in [6, 6.07) is 3.54. The third kappa shape index (κ3) is 3.88. The maximum Gasteiger partial charge on any atom is 0.258 e. The van der Waals surface area contributed by atoms with Crippen molar-refractivity contribution in [3.63, 3.8) is 0 Å². The predicted octanol–water partition coefficient (Wildman–Crippen LogP) is 3.55. The van der Waals surface area contributed by atoms with Gasteiger partial charge in [0.1, 0.15) is 11.5 Å². The van der Waals surface area contributed by atoms with Gasteiger partial charge in [-0.3, -0.25) is 9.48 Å². The number of halogens is 3. The molecule has 178 valence electrons. The first kappa shape index (κ1) is 22.8. The molecule has 1 aliphatic heterocycles. The summed E-state index contributed by atoms with van der Waals surface area (Å²) in [4.78, 5) is 21.8. The van der Waals surface area contributed by atoms with E-state index in [1.807, 2.05) is 11.6 Å². The number of likely N-dealkylation sites (tertiary alicyclic amines) is 1. The molecule has 8 nitrogen and oxygen atoms in total. The van der Waals surface area contributed by atoms with Crippen LogP contribution in [0.5, 0.6) is 0 Å². The summed E-state index contributed by atoms with van der Waals surface area (Å²) in [6.07, 6.45) is 1.59. The largest absolute Gasteiger partial charge is 0.383 e. The van der Waals surface area contributed by atoms with Crippen molar-refractivity contribution < 1.29 is 13.6 Å². The summed E-state index contributed by atoms with van der Waals surface area (Å²) in [7, 11) is 1.87. The van der Waals surface area contributed by atoms with Gasteiger partial charge in [-0.2, -0.15) is 5.10 Å². The Balaban J connectivity index is 1.58. The van der Waals surface area contributed by atoms with Crippen LogP contribution in [0, 0.1) is 11.8 Å². The van der Waals surface area contributed by atoms with Crippen molar-refractivity contribution in [1.29, 1.82) is 0 Å². The Morgan fingerprint density at radius 1 is 1.31 bits per heavy atom. The standard InChI is InChI=1S/C24H20ClF2N7O/c1-3-21(35)33-11-14(9-20(33)23(26)27)34-18-6-7-29-24(28)22(18)16(31-34)5-4-13-8-17-19(10-15(13)25)32(2)12-30-17/h3,6-8,10,12,14,20,23H,1,9,11H2,2H3,(H2,28,29)/t14?,20-/m1/s1. The molecule has 1 fully saturated rings. The van der Waals surface area contributed by atoms with Crippen molar-refractivity contribution in [2.45, 2.75) is 24.9 Å². The molecule has 1 saturated heterocycles. The number of benzene rings is 1. The Kier molecular flexibility index (Phi) is 5.65. The van der Waals surface area contributed by atoms with Gasteiger partial charge in [0.15, 0.2) is 0 Å². The van der Waals surface area contributed by atoms with Gasteiger partial charge in [0, 0.05) is 25.4 Å². The molecule has 0 aliphatic carbocycles. The molecular weight excluding hydrogens is 476 g/mol. The monoisotopic (exact) mass is 495 g/mol. The second kappa shape index (κ2) is 8.67. The van der Waals surface area contributed by atoms with Crippen molar-refractivity contribution in [2.24, 2.45) is 7.05 Å². The van der Waals surface area contributed by atoms with E-state index in [0.717, 1.165) is 22.0 Å². The molecule has 0 bridgehead atoms. The maximum atomic E-state index is 13.7. The highest BCUT2D eigenvalue weighted by atomic mass is 35.5. The Morgan fingerprint density at radius 3 is 2.86 bits per heavy atom. The van der Waals surface area contributed by atoms with Gasteiger partial charge in [-0.15, -0.1) is 0 Å². The molecule has 4 aromatic rings. The van der Waals surface area contributed by atoms with Crippen LogP contribution in [-0.2, 0) is 11.8 Å². The van der Waals surface area contributed by atoms with Crippen molar-refractivity contribution in [1.82, 2.24) is 29.2 Å². The molecule has 2 atom stereocenters. The fourth-order valence-corrected chi connectivity index (χ4v) is 4.68. The van der Waals surface area contributed by atoms with Gasteiger partial charge in [-0.05, 0) is 36.6 Å². The van der Waals surface area contributed by atoms with E-state index in [0.29, 0.717) is 27.2 Å². The van der Waals surface area contributed by atoms with E-state index < -0.39 is 24.4 Å². The van der Waals surface area contributed by atoms with Gasteiger partial charge in [0.2, 0.25) is 5.91 Å². The number of alkyl halides is 2. The topological polar surface area (TPSA) is 94.9 Å². The number of hydrogen-bond acceptors (Lipinski definition) is 5. The Hall–Kier alpha value is -3.97. The lowest BCUT2D eigenvalue weighted by Crippen LogP contribution is -2.38. The van der Waals surface area contributed by atoms with Gasteiger partial charge in [-0.25, -0.2) is 18.7 Å². The van der Waals surface area contributed by atoms with Crippen LogP contribution in [-0.4, -0.2) is 54.1 Å². The highest BCUT2D eigenvalue weighted by molar-refractivity contribution is 6.32. The summed E-state index contributed by atoms with van der Waals surface area (Å²) in [5.74, 6) is 5.71. The number of nitrogen functional groups attached to an aromatic ring is 1. The average Bonchev–Trinajstić information content (AvgIpc) is 3.53. The Labute approximate surface area is 204 Å². The zero-order valence-corrected chi connectivity index (χ0v) is 19.4. The van der Waals surface area contributed by atoms with E-state index in [1.165, 1.54) is 6.20 Å². The molecule has 4 heterocycles. The molecular formula is C24H20ClF2N7O. The van der Waals surface area contributed by atoms with E-state index in [9.17, 15) is 13.6 Å². The number of fused-ring (bicyclic) bond motifs is 2. The van der Waals surface area contributed by atoms with Crippen LogP contribution >= 0.6 is 11.6 Å². The number of aromatic nitrogens is 5. The normalized spacial score (nSPS) is 17.8. The molecule has 35 heavy (non-hydrogen) atoms. The number of imidazole rings is 1. The van der Waals surface area contributed by atoms with Crippen molar-refractivity contribution >= 4 is 45.3 Å². The van der Waals surface area contributed by atoms with Crippen LogP contribution in [0.4, 0.5) is 14.6 Å². The van der Waals surface area contributed by atoms with E-state index in [2.05, 4.69) is 33.5 Å². The molecule has 1 aromatic carbocycles. The minimum absolute atomic E-state index is 0.0330. The molecule has 1 amide bonds. The van der Waals surface area contributed by atoms with Crippen LogP contribution in [0.15, 0.2) is 43.4 Å². The minimum Gasteiger partial charge on any atom is -0.383 e. The van der Waals surface area contributed by atoms with Gasteiger partial charge >= 0.3 is 0 Å². The summed E-state index contributed by atoms with van der Waals surface area (Å²) in [5, 5.41) is 5.58. The number of rotatable bonds is 3. The molecule has 1 unspecified atom stereocenters. The molecule has 0 saturated carbocycles. The second-order valence-corrected chi connectivity index (χ2v) is 8.70. The van der Waals surface area contributed by atoms with Gasteiger partial charge in [0.25, 0.3) is 6.43 Å². The third-order valence-electron chi connectivity index (χ3n) is 6.20. The zero-order valence-electron chi connectivity index (χ0n) is 18.6. The molecule has 1 aliphatic rings. The van der Waals surface area contributed by atoms with Crippen molar-refractivity contribution in [2.75, 3.05) is 12.3 Å². The second-order valence-electron chi connectivity index (χ2n) is 8.30. The number of aryl methyl sites for hydroxylation is 1. The summed E-state index contributed by atoms with van der Waals surface area (Å²) in [6.45, 7) is 3.49. The van der Waals surface area contributed by atoms with Crippen molar-refractivity contribution in [3.8, 4) is 11.8 Å². The first-order valence-electron chi connectivity index (χ1n) is 10.7. The molecule has 5 rings (SSSR count). The van der Waals surface area contributed by atoms with Gasteiger partial charge in [0.05, 0.1) is 45.4 Å². The Morgan fingerprint density at radius 2 is 2.11 bits per heavy atom. The lowest BCUT2D eigenvalue weighted by Gasteiger charge is -2.21. The number of amides is 1. The number of hydrogen-bond donors (Lipinski definition) is 1. The number of nitrogens with two attached hydrogens (primary N) is 1. The summed E-state index contributed by atoms with van der Waals surface area (Å²) >= 11 is 6.44. The average molecular weight is 496 g/mol. The maximum absolute atomic E-state index is 13.7. The molecule has 2 N–H and O–H groups in total. The van der Waals surface area contributed by atoms with E-state index in [4.69, 9.17) is 17.3 Å². The number of pyridine rings is 1. The minimum atomic E-state index is -2.69. The zero-order chi connectivity index (χ0) is 24.9. The number of nitrogens with zero attached hydrogens (tertiary/aromatic N) is 6. The van der Waals surface area contributed by atoms with Gasteiger partial charge in [-0.1, -0.05) is 24.1 Å². The van der Waals surface area contributed by atoms with Crippen molar-refractivity contribution in [3.05, 3.63) is 59.7 Å². The quantitative estimate of drug-likeness (QED) is 0.346. The van der Waals surface area contributed by atoms with Crippen LogP contribution in [0.3, 0.4) is 0 Å². The lowest BCUT2D eigenvalue weighted by atomic mass is 10.1. The summed E-state index contributed by atoms with van der Waals surface area (Å²) in [5.41, 5.74) is 9.26. The van der Waals surface area contributed by atoms with Crippen LogP contribution in [0.1, 0.15) is 23.7 Å². The third-order valence-corrected chi connectivity index (χ3v) is 6.51. The first-order chi connectivity index (χ1) is 16.8. The van der Waals surface area contributed by atoms with E-state index in [-0.39, 0.29) is 18.8 Å². The predicted molar refractivity (Wildman–Crippen MR) is 129 cm³/mol. The molecule has 0 radical (unpaired) electrons. The lowest BCUT2D eigenvalue weighted by molar-refractivity contribution is -0.129. The van der Waals surface area contributed by atoms with Crippen LogP contribution < -0.4 is 5.73 Å². The van der Waals surface area contributed by atoms with E-state index in [1.54, 1.807) is 29.2 Å². The number of anilines is 1. The SMILES string of the molecule is C=CC(=O)N1CC(n2nc(C#Cc3cc4ncn(C)c4cc3Cl)c3c(N)nccc32)C[C@@H]1C(F)F. The highest BCUT2D eigenvalue weighted by Gasteiger charge is 2.41. The summed E-state index contributed by atoms with van der Waals surface area (Å²) < 4.78 is 30.8. The molecule has 11 heteroatoms. The smallest absolute Gasteiger partial charge is 0.258 e. The van der Waals surface area contributed by atoms with Gasteiger partial charge < -0.3 is 15.2 Å². The van der Waals surface area contributed by atoms with Crippen LogP contribution in [0.25, 0.3) is 21.9 Å². The fourth-order valence-electron chi connectivity index (χ4n) is 4.48. The number of carbonyl (C=O) groups is 1. The van der Waals surface area contributed by atoms with Crippen LogP contribution in [0.2, 0.25) is 5.02 Å². The molecule has 3 aromatic heterocycles. The molecule has 0 spiro atoms. The highest BCUT2D eigenvalue weighted by Crippen LogP contribution is 2.34. The Bertz CT molecular complexity index is 1550.